The highest BCUT2D eigenvalue weighted by Crippen LogP contribution is 2.56. The van der Waals surface area contributed by atoms with Gasteiger partial charge in [0.25, 0.3) is 10.0 Å². The van der Waals surface area contributed by atoms with E-state index in [0.717, 1.165) is 87.4 Å². The van der Waals surface area contributed by atoms with Gasteiger partial charge in [0, 0.05) is 29.1 Å². The van der Waals surface area contributed by atoms with Gasteiger partial charge in [-0.05, 0) is 213 Å². The quantitative estimate of drug-likeness (QED) is 0.0364. The van der Waals surface area contributed by atoms with E-state index in [1.807, 2.05) is 25.5 Å². The highest BCUT2D eigenvalue weighted by Gasteiger charge is 2.54. The Bertz CT molecular complexity index is 5270. The molecule has 0 radical (unpaired) electrons. The van der Waals surface area contributed by atoms with E-state index < -0.39 is 219 Å². The number of ether oxygens (including phenoxy) is 7. The maximum atomic E-state index is 16.7. The number of nitrogens with one attached hydrogen (secondary N) is 9. The third-order valence-electron chi connectivity index (χ3n) is 25.4. The van der Waals surface area contributed by atoms with Crippen LogP contribution in [0.3, 0.4) is 0 Å². The molecule has 4 saturated carbocycles. The highest BCUT2D eigenvalue weighted by atomic mass is 35.5. The molecule has 38 heteroatoms. The molecular formula is C88H105ClN10O26S. The van der Waals surface area contributed by atoms with Crippen LogP contribution in [-0.2, 0) is 68.4 Å². The second-order valence-electron chi connectivity index (χ2n) is 35.0. The fraction of sp³-hybridized carbons (Fsp3) is 0.500. The molecular weight excluding hydrogens is 1680 g/mol. The van der Waals surface area contributed by atoms with Gasteiger partial charge in [0.2, 0.25) is 65.1 Å². The SMILES string of the molecule is CCCCCOc1ccc(S(=O)(=O)NC(=O)C[C@@H]2NC(=O)[C@H](NC(=O)[C@@H](CC(C)C)NC)[C@H](O)c3ccc(c(Cl)c3)Oc3cc4cc(c3O[C@@H]3O[C@H](CO)[C@@H](O)[C@H](O)[C@H]3O[C@H]3C[C@](C)(N)[C@H](O)[C@H](C)O3)Oc3ccc(cc3)[C@@H](O)[C@@H]3NC(=O)[C@H](NC(=O)[C@@H]4NC2=O)c2ccc4c(c2)-c2c(cc(O)cc2C4(O)O)[C@@H](C(=O)NC2C4CC5CC(C4)CC2C5)NC3=O)cc1. The van der Waals surface area contributed by atoms with Crippen LogP contribution in [0, 0.1) is 29.6 Å². The Hall–Kier alpha value is -10.2. The average Bonchev–Trinajstić information content (AvgIpc) is 1.55. The van der Waals surface area contributed by atoms with Crippen molar-refractivity contribution < 1.29 is 126 Å². The number of aliphatic hydroxyl groups is 8. The molecule has 18 atom stereocenters. The Morgan fingerprint density at radius 2 is 1.36 bits per heavy atom. The predicted molar refractivity (Wildman–Crippen MR) is 445 cm³/mol. The molecule has 8 amide bonds. The summed E-state index contributed by atoms with van der Waals surface area (Å²) < 4.78 is 75.5. The van der Waals surface area contributed by atoms with E-state index in [1.54, 1.807) is 0 Å². The number of fused-ring (bicyclic) bond motifs is 12. The molecule has 7 aliphatic heterocycles. The lowest BCUT2D eigenvalue weighted by Crippen LogP contribution is -2.64. The van der Waals surface area contributed by atoms with Crippen molar-refractivity contribution >= 4 is 68.9 Å². The number of unbranched alkanes of at least 4 members (excludes halogenated alkanes) is 2. The number of likely N-dealkylation sites (N-methyl/N-ethyl adjacent to an activating group) is 1. The lowest BCUT2D eigenvalue weighted by atomic mass is 9.54. The molecule has 0 unspecified atom stereocenters. The van der Waals surface area contributed by atoms with Gasteiger partial charge in [-0.15, -0.1) is 0 Å². The Balaban J connectivity index is 0.914. The first-order valence-electron chi connectivity index (χ1n) is 42.3. The minimum absolute atomic E-state index is 0.0711. The summed E-state index contributed by atoms with van der Waals surface area (Å²) in [6, 6.07) is 6.96. The molecule has 0 aromatic heterocycles. The minimum atomic E-state index is -4.90. The number of amides is 8. The summed E-state index contributed by atoms with van der Waals surface area (Å²) in [7, 11) is -3.44. The number of rotatable bonds is 21. The van der Waals surface area contributed by atoms with Crippen molar-refractivity contribution in [3.05, 3.63) is 153 Å². The van der Waals surface area contributed by atoms with Gasteiger partial charge in [-0.2, -0.15) is 0 Å². The number of hydrogen-bond donors (Lipinski definition) is 19. The van der Waals surface area contributed by atoms with Crippen LogP contribution < -0.4 is 71.9 Å². The van der Waals surface area contributed by atoms with Crippen LogP contribution in [0.2, 0.25) is 5.02 Å². The van der Waals surface area contributed by atoms with Crippen LogP contribution in [0.1, 0.15) is 175 Å². The molecule has 5 aliphatic carbocycles. The largest absolute Gasteiger partial charge is 0.508 e. The van der Waals surface area contributed by atoms with Crippen molar-refractivity contribution in [1.29, 1.82) is 0 Å². The molecule has 12 aliphatic rings. The van der Waals surface area contributed by atoms with Gasteiger partial charge in [0.15, 0.2) is 23.9 Å². The molecule has 36 nitrogen and oxygen atoms in total. The zero-order valence-corrected chi connectivity index (χ0v) is 71.3. The summed E-state index contributed by atoms with van der Waals surface area (Å²) in [4.78, 5) is 125. The first kappa shape index (κ1) is 90.6. The van der Waals surface area contributed by atoms with Gasteiger partial charge >= 0.3 is 0 Å². The number of nitrogens with two attached hydrogens (primary N) is 1. The van der Waals surface area contributed by atoms with Crippen LogP contribution in [-0.4, -0.2) is 207 Å². The van der Waals surface area contributed by atoms with E-state index in [1.165, 1.54) is 87.6 Å². The van der Waals surface area contributed by atoms with Crippen molar-refractivity contribution in [2.45, 2.75) is 231 Å². The molecule has 6 aromatic rings. The Labute approximate surface area is 729 Å². The van der Waals surface area contributed by atoms with Crippen molar-refractivity contribution in [2.24, 2.45) is 35.3 Å². The molecule has 0 spiro atoms. The van der Waals surface area contributed by atoms with Crippen LogP contribution in [0.4, 0.5) is 0 Å². The van der Waals surface area contributed by atoms with Crippen LogP contribution in [0.15, 0.2) is 114 Å². The summed E-state index contributed by atoms with van der Waals surface area (Å²) in [5.41, 5.74) is 3.06. The minimum Gasteiger partial charge on any atom is -0.508 e. The number of sulfonamides is 1. The maximum Gasteiger partial charge on any atom is 0.264 e. The van der Waals surface area contributed by atoms with Crippen molar-refractivity contribution in [3.63, 3.8) is 0 Å². The number of benzene rings is 6. The predicted octanol–water partition coefficient (Wildman–Crippen LogP) is 2.99. The summed E-state index contributed by atoms with van der Waals surface area (Å²) >= 11 is 7.22. The molecule has 126 heavy (non-hydrogen) atoms. The van der Waals surface area contributed by atoms with Crippen LogP contribution in [0.5, 0.6) is 40.2 Å². The van der Waals surface area contributed by atoms with Gasteiger partial charge in [-0.25, -0.2) is 13.1 Å². The summed E-state index contributed by atoms with van der Waals surface area (Å²) in [6.45, 7) is 7.98. The lowest BCUT2D eigenvalue weighted by molar-refractivity contribution is -0.333. The van der Waals surface area contributed by atoms with E-state index in [-0.39, 0.29) is 97.7 Å². The van der Waals surface area contributed by atoms with E-state index in [4.69, 9.17) is 50.5 Å². The smallest absolute Gasteiger partial charge is 0.264 e. The molecule has 7 heterocycles. The van der Waals surface area contributed by atoms with Crippen molar-refractivity contribution in [1.82, 2.24) is 47.3 Å². The molecule has 6 aromatic carbocycles. The molecule has 15 bridgehead atoms. The summed E-state index contributed by atoms with van der Waals surface area (Å²) in [5.74, 6) is -14.8. The third-order valence-corrected chi connectivity index (χ3v) is 27.1. The van der Waals surface area contributed by atoms with E-state index in [9.17, 15) is 64.0 Å². The van der Waals surface area contributed by atoms with Gasteiger partial charge in [0.05, 0.1) is 47.8 Å². The molecule has 20 N–H and O–H groups in total. The van der Waals surface area contributed by atoms with Gasteiger partial charge < -0.3 is 127 Å². The second-order valence-corrected chi connectivity index (χ2v) is 37.1. The first-order valence-corrected chi connectivity index (χ1v) is 44.2. The molecule has 6 fully saturated rings. The number of aromatic hydroxyl groups is 1. The number of carbonyl (C=O) groups excluding carboxylic acids is 8. The number of aliphatic hydroxyl groups excluding tert-OH is 6. The van der Waals surface area contributed by atoms with Crippen LogP contribution in [0.25, 0.3) is 11.1 Å². The van der Waals surface area contributed by atoms with Gasteiger partial charge in [-0.1, -0.05) is 75.5 Å². The fourth-order valence-corrected chi connectivity index (χ4v) is 20.3. The molecule has 18 rings (SSSR count). The Morgan fingerprint density at radius 1 is 0.698 bits per heavy atom. The lowest BCUT2D eigenvalue weighted by Gasteiger charge is -2.54. The fourth-order valence-electron chi connectivity index (χ4n) is 19.1. The Kier molecular flexibility index (Phi) is 26.2. The van der Waals surface area contributed by atoms with E-state index in [2.05, 4.69) is 42.5 Å². The maximum absolute atomic E-state index is 16.7. The zero-order chi connectivity index (χ0) is 90.0. The number of hydrogen-bond acceptors (Lipinski definition) is 28. The number of halogens is 1. The number of carbonyl (C=O) groups is 8. The van der Waals surface area contributed by atoms with Crippen molar-refractivity contribution in [3.8, 4) is 51.4 Å². The molecule has 2 saturated heterocycles. The first-order chi connectivity index (χ1) is 59.9. The molecule has 676 valence electrons. The third kappa shape index (κ3) is 18.5. The number of phenols is 1. The normalized spacial score (nSPS) is 31.0. The van der Waals surface area contributed by atoms with Gasteiger partial charge in [0.1, 0.15) is 89.8 Å². The second kappa shape index (κ2) is 36.5. The van der Waals surface area contributed by atoms with Crippen LogP contribution >= 0.6 is 11.6 Å². The van der Waals surface area contributed by atoms with Crippen molar-refractivity contribution in [2.75, 3.05) is 20.3 Å². The average molecular weight is 1790 g/mol. The summed E-state index contributed by atoms with van der Waals surface area (Å²) in [6.07, 6.45) is -12.1. The topological polar surface area (TPSA) is 552 Å². The summed E-state index contributed by atoms with van der Waals surface area (Å²) in [5, 5.41) is 129. The monoisotopic (exact) mass is 1780 g/mol. The Morgan fingerprint density at radius 3 is 2.02 bits per heavy atom. The number of phenolic OH excluding ortho intramolecular Hbond substituents is 1. The standard InChI is InChI=1S/C88H105ClN10O26S/c1-7-8-9-22-119-49-16-18-51(19-17-49)126(117,118)99-63(102)35-58-80(109)94-68-47-31-60(76(125-86-77(75(106)74(105)62(37-100)123-86)124-64-36-87(5,90)78(107)39(4)120-64)61(32-47)122-59-21-13-44(30-56(59)89)73(104)71(84(113)92-58)97-79(108)57(91-6)23-38(2)3)121-50-14-10-42(11-15-50)72(103)70-85(114)96-69(83(112)93-66-45-25-40-24-41(27-45)28-46(66)26-40)53-33-48(101)34-55-65(53)52-29-43(12-20-54(52)88(55,115)116)67(81(110)98-70)95-82(68)111/h10-21,29-34,38-41,45-46,57-58,62,64,66-75,77-78,86,91,100-101,103-107,115-116H,7-9,22-28,35-37,90H2,1-6H3,(H,92,113)(H,93,112)(H,94,109)(H,95,111)(H,96,114)(H,97,108)(H,98,110)(H,99,102)/t39-,40?,41?,45?,46?,57+,58-,62+,64-,66?,67+,68+,69-,70-,71+,72+,73+,74+,75-,77+,78+,86-,87-/m0/s1. The zero-order valence-electron chi connectivity index (χ0n) is 69.7. The van der Waals surface area contributed by atoms with E-state index in [0.29, 0.717) is 30.6 Å². The highest BCUT2D eigenvalue weighted by molar-refractivity contribution is 7.90. The van der Waals surface area contributed by atoms with E-state index >= 15 is 28.8 Å². The van der Waals surface area contributed by atoms with Gasteiger partial charge in [-0.3, -0.25) is 38.4 Å².